The largest absolute Gasteiger partial charge is 0.573 e. The molecule has 0 radical (unpaired) electrons. The number of nitrogens with two attached hydrogens (primary N) is 1. The van der Waals surface area contributed by atoms with Gasteiger partial charge in [0, 0.05) is 23.7 Å². The summed E-state index contributed by atoms with van der Waals surface area (Å²) in [6.45, 7) is 3.28. The number of rotatable bonds is 7. The van der Waals surface area contributed by atoms with E-state index in [0.717, 1.165) is 62.7 Å². The lowest BCUT2D eigenvalue weighted by Crippen LogP contribution is -2.32. The Morgan fingerprint density at radius 1 is 1.06 bits per heavy atom. The van der Waals surface area contributed by atoms with Crippen molar-refractivity contribution in [2.45, 2.75) is 76.7 Å². The van der Waals surface area contributed by atoms with Crippen molar-refractivity contribution in [3.05, 3.63) is 41.1 Å². The highest BCUT2D eigenvalue weighted by Crippen LogP contribution is 2.34. The SMILES string of the molecule is CC1CCCc2nc(NC3CCC(CNCc4ccccc4OC(F)(F)F)CC3)nc(N)c21.Cl.Cl. The number of hydrogen-bond acceptors (Lipinski definition) is 6. The quantitative estimate of drug-likeness (QED) is 0.403. The first-order chi connectivity index (χ1) is 15.8. The Morgan fingerprint density at radius 3 is 2.49 bits per heavy atom. The Balaban J connectivity index is 0.00000216. The van der Waals surface area contributed by atoms with Crippen molar-refractivity contribution in [2.75, 3.05) is 17.6 Å². The highest BCUT2D eigenvalue weighted by atomic mass is 35.5. The number of anilines is 2. The highest BCUT2D eigenvalue weighted by Gasteiger charge is 2.32. The summed E-state index contributed by atoms with van der Waals surface area (Å²) in [5.41, 5.74) is 8.93. The van der Waals surface area contributed by atoms with Crippen LogP contribution in [-0.2, 0) is 13.0 Å². The number of benzene rings is 1. The molecule has 0 spiro atoms. The molecule has 0 aliphatic heterocycles. The second-order valence-electron chi connectivity index (χ2n) is 9.23. The first-order valence-corrected chi connectivity index (χ1v) is 11.8. The van der Waals surface area contributed by atoms with Crippen LogP contribution in [0.3, 0.4) is 0 Å². The predicted octanol–water partition coefficient (Wildman–Crippen LogP) is 6.00. The zero-order valence-corrected chi connectivity index (χ0v) is 21.4. The number of alkyl halides is 3. The van der Waals surface area contributed by atoms with Crippen molar-refractivity contribution in [3.63, 3.8) is 0 Å². The zero-order chi connectivity index (χ0) is 23.4. The summed E-state index contributed by atoms with van der Waals surface area (Å²) in [6.07, 6.45) is 2.59. The van der Waals surface area contributed by atoms with Crippen LogP contribution < -0.4 is 21.1 Å². The van der Waals surface area contributed by atoms with Gasteiger partial charge in [-0.05, 0) is 69.4 Å². The van der Waals surface area contributed by atoms with Gasteiger partial charge in [-0.3, -0.25) is 0 Å². The molecule has 2 aromatic rings. The van der Waals surface area contributed by atoms with Crippen LogP contribution >= 0.6 is 24.8 Å². The average molecular weight is 536 g/mol. The van der Waals surface area contributed by atoms with Gasteiger partial charge in [-0.15, -0.1) is 38.0 Å². The average Bonchev–Trinajstić information content (AvgIpc) is 2.75. The smallest absolute Gasteiger partial charge is 0.405 e. The maximum Gasteiger partial charge on any atom is 0.573 e. The monoisotopic (exact) mass is 535 g/mol. The molecular formula is C24H34Cl2F3N5O. The molecule has 0 bridgehead atoms. The Morgan fingerprint density at radius 2 is 1.77 bits per heavy atom. The van der Waals surface area contributed by atoms with Crippen LogP contribution in [0.2, 0.25) is 0 Å². The third kappa shape index (κ3) is 8.02. The number of aryl methyl sites for hydroxylation is 1. The number of fused-ring (bicyclic) bond motifs is 1. The maximum atomic E-state index is 12.6. The molecule has 6 nitrogen and oxygen atoms in total. The standard InChI is InChI=1S/C24H32F3N5O.2ClH/c1-15-5-4-7-19-21(15)22(28)32-23(31-19)30-18-11-9-16(10-12-18)13-29-14-17-6-2-3-8-20(17)33-24(25,26)27;;/h2-3,6,8,15-16,18,29H,4-5,7,9-14H2,1H3,(H3,28,30,31,32);2*1H. The van der Waals surface area contributed by atoms with E-state index in [0.29, 0.717) is 41.8 Å². The molecule has 4 rings (SSSR count). The van der Waals surface area contributed by atoms with Crippen molar-refractivity contribution < 1.29 is 17.9 Å². The van der Waals surface area contributed by atoms with E-state index in [1.165, 1.54) is 6.07 Å². The van der Waals surface area contributed by atoms with E-state index in [9.17, 15) is 13.2 Å². The molecule has 0 saturated heterocycles. The number of aromatic nitrogens is 2. The summed E-state index contributed by atoms with van der Waals surface area (Å²) in [5, 5.41) is 6.77. The van der Waals surface area contributed by atoms with Gasteiger partial charge >= 0.3 is 6.36 Å². The summed E-state index contributed by atoms with van der Waals surface area (Å²) < 4.78 is 41.9. The van der Waals surface area contributed by atoms with Crippen molar-refractivity contribution in [2.24, 2.45) is 5.92 Å². The molecule has 0 amide bonds. The molecule has 1 atom stereocenters. The lowest BCUT2D eigenvalue weighted by atomic mass is 9.86. The van der Waals surface area contributed by atoms with Gasteiger partial charge in [-0.25, -0.2) is 4.98 Å². The second kappa shape index (κ2) is 12.8. The number of nitrogen functional groups attached to an aromatic ring is 1. The normalized spacial score (nSPS) is 21.8. The first-order valence-electron chi connectivity index (χ1n) is 11.8. The first kappa shape index (κ1) is 29.3. The van der Waals surface area contributed by atoms with Crippen molar-refractivity contribution >= 4 is 36.6 Å². The fourth-order valence-corrected chi connectivity index (χ4v) is 5.03. The lowest BCUT2D eigenvalue weighted by Gasteiger charge is -2.30. The number of para-hydroxylation sites is 1. The van der Waals surface area contributed by atoms with Crippen LogP contribution in [0.4, 0.5) is 24.9 Å². The summed E-state index contributed by atoms with van der Waals surface area (Å²) in [4.78, 5) is 9.27. The van der Waals surface area contributed by atoms with E-state index in [1.807, 2.05) is 0 Å². The van der Waals surface area contributed by atoms with Crippen LogP contribution in [0.15, 0.2) is 24.3 Å². The second-order valence-corrected chi connectivity index (χ2v) is 9.23. The zero-order valence-electron chi connectivity index (χ0n) is 19.7. The van der Waals surface area contributed by atoms with Crippen LogP contribution in [-0.4, -0.2) is 28.9 Å². The molecule has 196 valence electrons. The predicted molar refractivity (Wildman–Crippen MR) is 136 cm³/mol. The van der Waals surface area contributed by atoms with Gasteiger partial charge in [-0.2, -0.15) is 4.98 Å². The molecule has 4 N–H and O–H groups in total. The van der Waals surface area contributed by atoms with Crippen LogP contribution in [0.1, 0.15) is 68.2 Å². The van der Waals surface area contributed by atoms with Gasteiger partial charge in [0.15, 0.2) is 0 Å². The number of halogens is 5. The highest BCUT2D eigenvalue weighted by molar-refractivity contribution is 5.85. The molecule has 35 heavy (non-hydrogen) atoms. The van der Waals surface area contributed by atoms with E-state index in [1.54, 1.807) is 18.2 Å². The van der Waals surface area contributed by atoms with E-state index in [-0.39, 0.29) is 30.6 Å². The Labute approximate surface area is 216 Å². The van der Waals surface area contributed by atoms with Gasteiger partial charge in [0.2, 0.25) is 5.95 Å². The minimum Gasteiger partial charge on any atom is -0.405 e. The van der Waals surface area contributed by atoms with Crippen LogP contribution in [0.5, 0.6) is 5.75 Å². The number of hydrogen-bond donors (Lipinski definition) is 3. The molecule has 1 unspecified atom stereocenters. The molecule has 1 heterocycles. The van der Waals surface area contributed by atoms with Gasteiger partial charge < -0.3 is 21.1 Å². The van der Waals surface area contributed by atoms with Gasteiger partial charge in [0.25, 0.3) is 0 Å². The van der Waals surface area contributed by atoms with Crippen LogP contribution in [0, 0.1) is 5.92 Å². The summed E-state index contributed by atoms with van der Waals surface area (Å²) in [6, 6.07) is 6.56. The molecule has 1 aromatic carbocycles. The van der Waals surface area contributed by atoms with Crippen molar-refractivity contribution in [3.8, 4) is 5.75 Å². The van der Waals surface area contributed by atoms with Crippen LogP contribution in [0.25, 0.3) is 0 Å². The topological polar surface area (TPSA) is 85.1 Å². The Bertz CT molecular complexity index is 955. The molecule has 1 aromatic heterocycles. The molecule has 1 fully saturated rings. The number of nitrogens with one attached hydrogen (secondary N) is 2. The van der Waals surface area contributed by atoms with Crippen molar-refractivity contribution in [1.82, 2.24) is 15.3 Å². The number of ether oxygens (including phenoxy) is 1. The summed E-state index contributed by atoms with van der Waals surface area (Å²) in [7, 11) is 0. The van der Waals surface area contributed by atoms with Gasteiger partial charge in [0.05, 0.1) is 5.69 Å². The Kier molecular flexibility index (Phi) is 10.7. The molecule has 11 heteroatoms. The maximum absolute atomic E-state index is 12.6. The van der Waals surface area contributed by atoms with Gasteiger partial charge in [0.1, 0.15) is 11.6 Å². The lowest BCUT2D eigenvalue weighted by molar-refractivity contribution is -0.274. The third-order valence-electron chi connectivity index (χ3n) is 6.72. The molecule has 1 saturated carbocycles. The van der Waals surface area contributed by atoms with E-state index in [2.05, 4.69) is 27.3 Å². The summed E-state index contributed by atoms with van der Waals surface area (Å²) >= 11 is 0. The molecule has 2 aliphatic carbocycles. The van der Waals surface area contributed by atoms with E-state index >= 15 is 0 Å². The summed E-state index contributed by atoms with van der Waals surface area (Å²) in [5.74, 6) is 1.97. The van der Waals surface area contributed by atoms with E-state index in [4.69, 9.17) is 10.7 Å². The minimum absolute atomic E-state index is 0. The number of nitrogens with zero attached hydrogens (tertiary/aromatic N) is 2. The minimum atomic E-state index is -4.69. The molecular weight excluding hydrogens is 502 g/mol. The Hall–Kier alpha value is -1.97. The fourth-order valence-electron chi connectivity index (χ4n) is 5.03. The third-order valence-corrected chi connectivity index (χ3v) is 6.72. The van der Waals surface area contributed by atoms with Crippen molar-refractivity contribution in [1.29, 1.82) is 0 Å². The van der Waals surface area contributed by atoms with Gasteiger partial charge in [-0.1, -0.05) is 25.1 Å². The molecule has 2 aliphatic rings. The fraction of sp³-hybridized carbons (Fsp3) is 0.583. The van der Waals surface area contributed by atoms with E-state index < -0.39 is 6.36 Å².